The normalized spacial score (nSPS) is 22.9. The lowest BCUT2D eigenvalue weighted by Crippen LogP contribution is -2.35. The molecule has 1 aliphatic rings. The van der Waals surface area contributed by atoms with Gasteiger partial charge in [-0.1, -0.05) is 20.8 Å². The summed E-state index contributed by atoms with van der Waals surface area (Å²) >= 11 is 0. The summed E-state index contributed by atoms with van der Waals surface area (Å²) in [5.41, 5.74) is 1.46. The molecular weight excluding hydrogens is 160 g/mol. The third-order valence-electron chi connectivity index (χ3n) is 2.82. The van der Waals surface area contributed by atoms with Crippen molar-refractivity contribution in [3.05, 3.63) is 11.9 Å². The largest absolute Gasteiger partial charge is 0.356 e. The summed E-state index contributed by atoms with van der Waals surface area (Å²) in [7, 11) is 2.19. The Hall–Kier alpha value is -0.660. The number of nitrogens with zero attached hydrogens (tertiary/aromatic N) is 2. The van der Waals surface area contributed by atoms with Crippen molar-refractivity contribution in [1.82, 2.24) is 9.80 Å². The molecular formula is C11H22N2. The van der Waals surface area contributed by atoms with Gasteiger partial charge >= 0.3 is 0 Å². The predicted octanol–water partition coefficient (Wildman–Crippen LogP) is 2.49. The summed E-state index contributed by atoms with van der Waals surface area (Å²) < 4.78 is 0. The maximum absolute atomic E-state index is 2.43. The molecule has 0 N–H and O–H groups in total. The second-order valence-electron chi connectivity index (χ2n) is 4.19. The van der Waals surface area contributed by atoms with Crippen molar-refractivity contribution in [2.75, 3.05) is 13.6 Å². The van der Waals surface area contributed by atoms with Gasteiger partial charge in [-0.2, -0.15) is 0 Å². The molecule has 1 atom stereocenters. The van der Waals surface area contributed by atoms with Crippen molar-refractivity contribution in [2.24, 2.45) is 5.92 Å². The summed E-state index contributed by atoms with van der Waals surface area (Å²) in [5, 5.41) is 0. The first kappa shape index (κ1) is 10.4. The van der Waals surface area contributed by atoms with Gasteiger partial charge in [-0.15, -0.1) is 0 Å². The van der Waals surface area contributed by atoms with Crippen LogP contribution in [0.4, 0.5) is 0 Å². The van der Waals surface area contributed by atoms with Crippen LogP contribution in [0.25, 0.3) is 0 Å². The average molecular weight is 182 g/mol. The van der Waals surface area contributed by atoms with E-state index in [0.29, 0.717) is 12.1 Å². The van der Waals surface area contributed by atoms with Crippen LogP contribution in [-0.4, -0.2) is 29.6 Å². The first-order valence-corrected chi connectivity index (χ1v) is 5.28. The van der Waals surface area contributed by atoms with E-state index in [0.717, 1.165) is 0 Å². The second kappa shape index (κ2) is 4.03. The molecule has 0 saturated carbocycles. The van der Waals surface area contributed by atoms with Gasteiger partial charge in [-0.25, -0.2) is 0 Å². The molecule has 0 aromatic rings. The van der Waals surface area contributed by atoms with E-state index in [-0.39, 0.29) is 0 Å². The van der Waals surface area contributed by atoms with Crippen molar-refractivity contribution < 1.29 is 0 Å². The van der Waals surface area contributed by atoms with E-state index in [2.05, 4.69) is 50.7 Å². The molecule has 1 heterocycles. The zero-order valence-electron chi connectivity index (χ0n) is 9.54. The molecule has 0 aliphatic carbocycles. The lowest BCUT2D eigenvalue weighted by atomic mass is 10.1. The Balaban J connectivity index is 2.70. The van der Waals surface area contributed by atoms with Crippen LogP contribution in [0.5, 0.6) is 0 Å². The Morgan fingerprint density at radius 1 is 1.46 bits per heavy atom. The monoisotopic (exact) mass is 182 g/mol. The molecule has 0 spiro atoms. The highest BCUT2D eigenvalue weighted by molar-refractivity contribution is 5.10. The molecule has 1 rings (SSSR count). The number of hydrogen-bond donors (Lipinski definition) is 0. The quantitative estimate of drug-likeness (QED) is 0.661. The topological polar surface area (TPSA) is 6.48 Å². The first-order valence-electron chi connectivity index (χ1n) is 5.28. The Bertz CT molecular complexity index is 196. The van der Waals surface area contributed by atoms with Crippen LogP contribution in [0.15, 0.2) is 11.9 Å². The first-order chi connectivity index (χ1) is 6.07. The SMILES string of the molecule is CCCN1C=C(C(C)C)N(C)C1C. The number of allylic oxidation sites excluding steroid dienone is 1. The van der Waals surface area contributed by atoms with Gasteiger partial charge in [0.15, 0.2) is 0 Å². The molecule has 0 aromatic heterocycles. The fourth-order valence-corrected chi connectivity index (χ4v) is 1.87. The van der Waals surface area contributed by atoms with Gasteiger partial charge in [0.1, 0.15) is 0 Å². The van der Waals surface area contributed by atoms with Crippen LogP contribution < -0.4 is 0 Å². The van der Waals surface area contributed by atoms with E-state index in [1.165, 1.54) is 18.7 Å². The van der Waals surface area contributed by atoms with Crippen LogP contribution >= 0.6 is 0 Å². The highest BCUT2D eigenvalue weighted by Gasteiger charge is 2.25. The lowest BCUT2D eigenvalue weighted by Gasteiger charge is -2.28. The standard InChI is InChI=1S/C11H22N2/c1-6-7-13-8-11(9(2)3)12(5)10(13)4/h8-10H,6-7H2,1-5H3. The fourth-order valence-electron chi connectivity index (χ4n) is 1.87. The molecule has 0 aromatic carbocycles. The zero-order chi connectivity index (χ0) is 10.0. The molecule has 13 heavy (non-hydrogen) atoms. The maximum atomic E-state index is 2.43. The van der Waals surface area contributed by atoms with Crippen molar-refractivity contribution in [1.29, 1.82) is 0 Å². The minimum absolute atomic E-state index is 0.539. The van der Waals surface area contributed by atoms with Gasteiger partial charge in [0.2, 0.25) is 0 Å². The van der Waals surface area contributed by atoms with E-state index in [1.807, 2.05) is 0 Å². The van der Waals surface area contributed by atoms with Gasteiger partial charge in [-0.05, 0) is 19.3 Å². The van der Waals surface area contributed by atoms with E-state index in [4.69, 9.17) is 0 Å². The Labute approximate surface area is 82.2 Å². The fraction of sp³-hybridized carbons (Fsp3) is 0.818. The minimum atomic E-state index is 0.539. The molecule has 1 aliphatic heterocycles. The van der Waals surface area contributed by atoms with E-state index in [1.54, 1.807) is 0 Å². The molecule has 0 radical (unpaired) electrons. The van der Waals surface area contributed by atoms with Crippen LogP contribution in [0.2, 0.25) is 0 Å². The van der Waals surface area contributed by atoms with E-state index in [9.17, 15) is 0 Å². The Kier molecular flexibility index (Phi) is 3.23. The molecule has 0 amide bonds. The summed E-state index contributed by atoms with van der Waals surface area (Å²) in [6.07, 6.45) is 4.08. The van der Waals surface area contributed by atoms with Crippen molar-refractivity contribution in [3.63, 3.8) is 0 Å². The Morgan fingerprint density at radius 2 is 2.08 bits per heavy atom. The zero-order valence-corrected chi connectivity index (χ0v) is 9.54. The highest BCUT2D eigenvalue weighted by atomic mass is 15.4. The van der Waals surface area contributed by atoms with Gasteiger partial charge in [-0.3, -0.25) is 0 Å². The van der Waals surface area contributed by atoms with Gasteiger partial charge in [0.25, 0.3) is 0 Å². The smallest absolute Gasteiger partial charge is 0.0977 e. The third-order valence-corrected chi connectivity index (χ3v) is 2.82. The van der Waals surface area contributed by atoms with Gasteiger partial charge < -0.3 is 9.80 Å². The van der Waals surface area contributed by atoms with Crippen LogP contribution in [0.1, 0.15) is 34.1 Å². The molecule has 0 bridgehead atoms. The average Bonchev–Trinajstić information content (AvgIpc) is 2.33. The molecule has 0 fully saturated rings. The molecule has 2 heteroatoms. The number of rotatable bonds is 3. The lowest BCUT2D eigenvalue weighted by molar-refractivity contribution is 0.182. The van der Waals surface area contributed by atoms with Crippen LogP contribution in [0.3, 0.4) is 0 Å². The highest BCUT2D eigenvalue weighted by Crippen LogP contribution is 2.25. The van der Waals surface area contributed by atoms with Crippen molar-refractivity contribution in [2.45, 2.75) is 40.3 Å². The molecule has 0 saturated heterocycles. The van der Waals surface area contributed by atoms with Crippen LogP contribution in [-0.2, 0) is 0 Å². The molecule has 76 valence electrons. The minimum Gasteiger partial charge on any atom is -0.356 e. The van der Waals surface area contributed by atoms with Gasteiger partial charge in [0.05, 0.1) is 6.17 Å². The van der Waals surface area contributed by atoms with Gasteiger partial charge in [0, 0.05) is 25.5 Å². The summed E-state index contributed by atoms with van der Waals surface area (Å²) in [5.74, 6) is 0.634. The predicted molar refractivity (Wildman–Crippen MR) is 57.1 cm³/mol. The van der Waals surface area contributed by atoms with Crippen LogP contribution in [0, 0.1) is 5.92 Å². The Morgan fingerprint density at radius 3 is 2.46 bits per heavy atom. The van der Waals surface area contributed by atoms with Crippen molar-refractivity contribution >= 4 is 0 Å². The number of hydrogen-bond acceptors (Lipinski definition) is 2. The molecule has 1 unspecified atom stereocenters. The maximum Gasteiger partial charge on any atom is 0.0977 e. The molecule has 2 nitrogen and oxygen atoms in total. The summed E-state index contributed by atoms with van der Waals surface area (Å²) in [6.45, 7) is 10.2. The summed E-state index contributed by atoms with van der Waals surface area (Å²) in [6, 6.07) is 0. The van der Waals surface area contributed by atoms with Crippen molar-refractivity contribution in [3.8, 4) is 0 Å². The second-order valence-corrected chi connectivity index (χ2v) is 4.19. The van der Waals surface area contributed by atoms with E-state index < -0.39 is 0 Å². The summed E-state index contributed by atoms with van der Waals surface area (Å²) in [4.78, 5) is 4.80. The van der Waals surface area contributed by atoms with E-state index >= 15 is 0 Å². The third kappa shape index (κ3) is 1.98.